The summed E-state index contributed by atoms with van der Waals surface area (Å²) in [6.07, 6.45) is 3.23. The molecule has 1 aromatic rings. The predicted molar refractivity (Wildman–Crippen MR) is 61.3 cm³/mol. The topological polar surface area (TPSA) is 63.6 Å². The van der Waals surface area contributed by atoms with E-state index in [1.807, 2.05) is 0 Å². The molecule has 1 N–H and O–H groups in total. The van der Waals surface area contributed by atoms with Crippen LogP contribution in [0.3, 0.4) is 0 Å². The average Bonchev–Trinajstić information content (AvgIpc) is 2.24. The van der Waals surface area contributed by atoms with Crippen LogP contribution in [-0.2, 0) is 10.1 Å². The Bertz CT molecular complexity index is 408. The maximum absolute atomic E-state index is 10.8. The van der Waals surface area contributed by atoms with Crippen molar-refractivity contribution in [2.24, 2.45) is 0 Å². The largest absolute Gasteiger partial charge is 0.494 e. The van der Waals surface area contributed by atoms with Gasteiger partial charge in [0.25, 0.3) is 10.1 Å². The minimum Gasteiger partial charge on any atom is -0.494 e. The van der Waals surface area contributed by atoms with E-state index < -0.39 is 10.1 Å². The van der Waals surface area contributed by atoms with Crippen molar-refractivity contribution < 1.29 is 17.7 Å². The Morgan fingerprint density at radius 1 is 1.19 bits per heavy atom. The molecular formula is C11H16O4S. The molecule has 1 aromatic carbocycles. The van der Waals surface area contributed by atoms with Crippen LogP contribution < -0.4 is 4.74 Å². The molecule has 0 atom stereocenters. The number of ether oxygens (including phenoxy) is 1. The fourth-order valence-electron chi connectivity index (χ4n) is 1.25. The van der Waals surface area contributed by atoms with Gasteiger partial charge in [-0.3, -0.25) is 4.55 Å². The Hall–Kier alpha value is -1.07. The summed E-state index contributed by atoms with van der Waals surface area (Å²) in [5, 5.41) is 0. The van der Waals surface area contributed by atoms with E-state index in [-0.39, 0.29) is 4.90 Å². The fraction of sp³-hybridized carbons (Fsp3) is 0.455. The molecule has 1 rings (SSSR count). The Morgan fingerprint density at radius 3 is 2.31 bits per heavy atom. The van der Waals surface area contributed by atoms with Crippen LogP contribution in [0.1, 0.15) is 26.2 Å². The van der Waals surface area contributed by atoms with Crippen LogP contribution in [-0.4, -0.2) is 19.6 Å². The highest BCUT2D eigenvalue weighted by Gasteiger charge is 2.08. The SMILES string of the molecule is CCCCCOc1ccc(S(=O)(=O)O)cc1. The van der Waals surface area contributed by atoms with Gasteiger partial charge in [-0.2, -0.15) is 8.42 Å². The van der Waals surface area contributed by atoms with Crippen LogP contribution in [0.4, 0.5) is 0 Å². The normalized spacial score (nSPS) is 11.4. The molecule has 0 aromatic heterocycles. The van der Waals surface area contributed by atoms with E-state index in [1.165, 1.54) is 24.3 Å². The zero-order valence-corrected chi connectivity index (χ0v) is 10.0. The van der Waals surface area contributed by atoms with Crippen molar-refractivity contribution in [2.75, 3.05) is 6.61 Å². The number of unbranched alkanes of at least 4 members (excludes halogenated alkanes) is 2. The first-order valence-electron chi connectivity index (χ1n) is 5.24. The van der Waals surface area contributed by atoms with Crippen LogP contribution in [0.15, 0.2) is 29.2 Å². The molecule has 0 amide bonds. The van der Waals surface area contributed by atoms with Crippen molar-refractivity contribution in [3.8, 4) is 5.75 Å². The van der Waals surface area contributed by atoms with E-state index in [9.17, 15) is 8.42 Å². The third kappa shape index (κ3) is 4.20. The number of rotatable bonds is 6. The van der Waals surface area contributed by atoms with Crippen LogP contribution in [0.5, 0.6) is 5.75 Å². The van der Waals surface area contributed by atoms with Crippen molar-refractivity contribution in [1.82, 2.24) is 0 Å². The second kappa shape index (κ2) is 5.86. The summed E-state index contributed by atoms with van der Waals surface area (Å²) in [7, 11) is -4.10. The molecule has 0 unspecified atom stereocenters. The maximum atomic E-state index is 10.8. The van der Waals surface area contributed by atoms with Gasteiger partial charge in [-0.15, -0.1) is 0 Å². The predicted octanol–water partition coefficient (Wildman–Crippen LogP) is 2.50. The number of hydrogen-bond donors (Lipinski definition) is 1. The zero-order valence-electron chi connectivity index (χ0n) is 9.22. The van der Waals surface area contributed by atoms with Crippen molar-refractivity contribution in [2.45, 2.75) is 31.1 Å². The molecule has 0 aliphatic rings. The highest BCUT2D eigenvalue weighted by atomic mass is 32.2. The lowest BCUT2D eigenvalue weighted by Crippen LogP contribution is -1.99. The van der Waals surface area contributed by atoms with Gasteiger partial charge in [0.15, 0.2) is 0 Å². The van der Waals surface area contributed by atoms with E-state index in [1.54, 1.807) is 0 Å². The monoisotopic (exact) mass is 244 g/mol. The molecule has 90 valence electrons. The molecular weight excluding hydrogens is 228 g/mol. The Labute approximate surface area is 96.0 Å². The molecule has 0 radical (unpaired) electrons. The van der Waals surface area contributed by atoms with Crippen LogP contribution in [0, 0.1) is 0 Å². The third-order valence-electron chi connectivity index (χ3n) is 2.14. The first-order chi connectivity index (χ1) is 7.54. The zero-order chi connectivity index (χ0) is 12.0. The summed E-state index contributed by atoms with van der Waals surface area (Å²) in [5.74, 6) is 0.614. The summed E-state index contributed by atoms with van der Waals surface area (Å²) in [6, 6.07) is 5.72. The van der Waals surface area contributed by atoms with Crippen LogP contribution in [0.25, 0.3) is 0 Å². The lowest BCUT2D eigenvalue weighted by Gasteiger charge is -2.05. The molecule has 0 heterocycles. The molecule has 0 aliphatic heterocycles. The molecule has 4 nitrogen and oxygen atoms in total. The summed E-state index contributed by atoms with van der Waals surface area (Å²) < 4.78 is 35.7. The van der Waals surface area contributed by atoms with Crippen LogP contribution >= 0.6 is 0 Å². The molecule has 16 heavy (non-hydrogen) atoms. The lowest BCUT2D eigenvalue weighted by molar-refractivity contribution is 0.306. The fourth-order valence-corrected chi connectivity index (χ4v) is 1.73. The van der Waals surface area contributed by atoms with Gasteiger partial charge >= 0.3 is 0 Å². The first kappa shape index (κ1) is 13.0. The Morgan fingerprint density at radius 2 is 1.81 bits per heavy atom. The molecule has 5 heteroatoms. The minimum absolute atomic E-state index is 0.117. The quantitative estimate of drug-likeness (QED) is 0.617. The van der Waals surface area contributed by atoms with Crippen molar-refractivity contribution >= 4 is 10.1 Å². The Kier molecular flexibility index (Phi) is 4.76. The summed E-state index contributed by atoms with van der Waals surface area (Å²) >= 11 is 0. The lowest BCUT2D eigenvalue weighted by atomic mass is 10.3. The van der Waals surface area contributed by atoms with E-state index in [0.717, 1.165) is 19.3 Å². The minimum atomic E-state index is -4.10. The van der Waals surface area contributed by atoms with Gasteiger partial charge in [-0.25, -0.2) is 0 Å². The van der Waals surface area contributed by atoms with Crippen molar-refractivity contribution in [3.05, 3.63) is 24.3 Å². The summed E-state index contributed by atoms with van der Waals surface area (Å²) in [4.78, 5) is -0.117. The van der Waals surface area contributed by atoms with Gasteiger partial charge in [-0.05, 0) is 30.7 Å². The molecule has 0 aliphatic carbocycles. The van der Waals surface area contributed by atoms with Gasteiger partial charge in [0.1, 0.15) is 5.75 Å². The van der Waals surface area contributed by atoms with Gasteiger partial charge < -0.3 is 4.74 Å². The summed E-state index contributed by atoms with van der Waals surface area (Å²) in [6.45, 7) is 2.74. The van der Waals surface area contributed by atoms with Crippen molar-refractivity contribution in [3.63, 3.8) is 0 Å². The number of hydrogen-bond acceptors (Lipinski definition) is 3. The third-order valence-corrected chi connectivity index (χ3v) is 3.01. The maximum Gasteiger partial charge on any atom is 0.294 e. The second-order valence-electron chi connectivity index (χ2n) is 3.50. The second-order valence-corrected chi connectivity index (χ2v) is 4.92. The van der Waals surface area contributed by atoms with Gasteiger partial charge in [0.2, 0.25) is 0 Å². The molecule has 0 spiro atoms. The number of benzene rings is 1. The summed E-state index contributed by atoms with van der Waals surface area (Å²) in [5.41, 5.74) is 0. The van der Waals surface area contributed by atoms with Crippen LogP contribution in [0.2, 0.25) is 0 Å². The molecule has 0 bridgehead atoms. The average molecular weight is 244 g/mol. The molecule has 0 saturated heterocycles. The smallest absolute Gasteiger partial charge is 0.294 e. The van der Waals surface area contributed by atoms with Crippen molar-refractivity contribution in [1.29, 1.82) is 0 Å². The molecule has 0 saturated carbocycles. The highest BCUT2D eigenvalue weighted by molar-refractivity contribution is 7.85. The standard InChI is InChI=1S/C11H16O4S/c1-2-3-4-9-15-10-5-7-11(8-6-10)16(12,13)14/h5-8H,2-4,9H2,1H3,(H,12,13,14). The van der Waals surface area contributed by atoms with Gasteiger partial charge in [-0.1, -0.05) is 19.8 Å². The Balaban J connectivity index is 2.52. The van der Waals surface area contributed by atoms with E-state index in [4.69, 9.17) is 9.29 Å². The van der Waals surface area contributed by atoms with E-state index >= 15 is 0 Å². The highest BCUT2D eigenvalue weighted by Crippen LogP contribution is 2.15. The van der Waals surface area contributed by atoms with Gasteiger partial charge in [0, 0.05) is 0 Å². The van der Waals surface area contributed by atoms with Gasteiger partial charge in [0.05, 0.1) is 11.5 Å². The van der Waals surface area contributed by atoms with E-state index in [2.05, 4.69) is 6.92 Å². The molecule has 0 fully saturated rings. The first-order valence-corrected chi connectivity index (χ1v) is 6.68. The van der Waals surface area contributed by atoms with E-state index in [0.29, 0.717) is 12.4 Å².